The minimum Gasteiger partial charge on any atom is -0.392 e. The number of benzene rings is 1. The normalized spacial score (nSPS) is 19.5. The standard InChI is InChI=1S/C19H24N6O2/c1-13-11-23(12-14(2)26)8-9-24(13)19-21-17-16(18(27)22-19)10-20-25(17)15-6-4-3-5-7-15/h3-7,10,13-14,26H,8-9,11-12H2,1-2H3,(H,21,22,27)/t13-,14-/m0/s1. The van der Waals surface area contributed by atoms with Crippen LogP contribution < -0.4 is 10.5 Å². The zero-order chi connectivity index (χ0) is 19.0. The van der Waals surface area contributed by atoms with Gasteiger partial charge in [-0.2, -0.15) is 10.1 Å². The van der Waals surface area contributed by atoms with E-state index in [2.05, 4.69) is 26.8 Å². The quantitative estimate of drug-likeness (QED) is 0.714. The molecule has 0 radical (unpaired) electrons. The molecular weight excluding hydrogens is 344 g/mol. The van der Waals surface area contributed by atoms with Gasteiger partial charge in [0.1, 0.15) is 5.39 Å². The third-order valence-corrected chi connectivity index (χ3v) is 4.93. The van der Waals surface area contributed by atoms with Gasteiger partial charge in [-0.05, 0) is 26.0 Å². The molecule has 27 heavy (non-hydrogen) atoms. The number of hydrogen-bond donors (Lipinski definition) is 2. The molecule has 8 nitrogen and oxygen atoms in total. The van der Waals surface area contributed by atoms with Crippen LogP contribution in [0.4, 0.5) is 5.95 Å². The fraction of sp³-hybridized carbons (Fsp3) is 0.421. The van der Waals surface area contributed by atoms with Crippen LogP contribution in [0.2, 0.25) is 0 Å². The Bertz CT molecular complexity index is 981. The highest BCUT2D eigenvalue weighted by atomic mass is 16.3. The zero-order valence-corrected chi connectivity index (χ0v) is 15.5. The van der Waals surface area contributed by atoms with E-state index < -0.39 is 0 Å². The van der Waals surface area contributed by atoms with Crippen molar-refractivity contribution in [1.82, 2.24) is 24.6 Å². The summed E-state index contributed by atoms with van der Waals surface area (Å²) in [5.41, 5.74) is 1.24. The number of rotatable bonds is 4. The molecule has 1 saturated heterocycles. The lowest BCUT2D eigenvalue weighted by atomic mass is 10.2. The summed E-state index contributed by atoms with van der Waals surface area (Å²) in [7, 11) is 0. The molecule has 2 aromatic heterocycles. The Labute approximate surface area is 157 Å². The van der Waals surface area contributed by atoms with Crippen LogP contribution in [0.1, 0.15) is 13.8 Å². The van der Waals surface area contributed by atoms with Crippen LogP contribution >= 0.6 is 0 Å². The third-order valence-electron chi connectivity index (χ3n) is 4.93. The van der Waals surface area contributed by atoms with Crippen molar-refractivity contribution in [1.29, 1.82) is 0 Å². The molecule has 0 saturated carbocycles. The Balaban J connectivity index is 1.68. The van der Waals surface area contributed by atoms with Gasteiger partial charge < -0.3 is 10.0 Å². The summed E-state index contributed by atoms with van der Waals surface area (Å²) in [6.45, 7) is 6.92. The summed E-state index contributed by atoms with van der Waals surface area (Å²) in [6.07, 6.45) is 1.21. The highest BCUT2D eigenvalue weighted by Gasteiger charge is 2.26. The van der Waals surface area contributed by atoms with Crippen LogP contribution in [-0.2, 0) is 0 Å². The molecule has 2 atom stereocenters. The number of nitrogens with one attached hydrogen (secondary N) is 1. The molecule has 4 rings (SSSR count). The van der Waals surface area contributed by atoms with Crippen LogP contribution in [0.25, 0.3) is 16.7 Å². The van der Waals surface area contributed by atoms with Gasteiger partial charge in [-0.1, -0.05) is 18.2 Å². The van der Waals surface area contributed by atoms with Crippen molar-refractivity contribution in [2.75, 3.05) is 31.1 Å². The van der Waals surface area contributed by atoms with E-state index in [1.165, 1.54) is 0 Å². The molecule has 0 bridgehead atoms. The van der Waals surface area contributed by atoms with E-state index in [4.69, 9.17) is 4.98 Å². The van der Waals surface area contributed by atoms with E-state index in [0.29, 0.717) is 23.5 Å². The van der Waals surface area contributed by atoms with E-state index in [0.717, 1.165) is 25.3 Å². The van der Waals surface area contributed by atoms with Gasteiger partial charge in [0.15, 0.2) is 5.65 Å². The molecule has 0 unspecified atom stereocenters. The van der Waals surface area contributed by atoms with Gasteiger partial charge in [-0.3, -0.25) is 14.7 Å². The number of hydrogen-bond acceptors (Lipinski definition) is 6. The summed E-state index contributed by atoms with van der Waals surface area (Å²) in [6, 6.07) is 9.85. The highest BCUT2D eigenvalue weighted by Crippen LogP contribution is 2.19. The third kappa shape index (κ3) is 3.45. The van der Waals surface area contributed by atoms with Crippen LogP contribution in [0.15, 0.2) is 41.3 Å². The summed E-state index contributed by atoms with van der Waals surface area (Å²) in [5, 5.41) is 14.4. The van der Waals surface area contributed by atoms with Gasteiger partial charge in [0.2, 0.25) is 5.95 Å². The predicted molar refractivity (Wildman–Crippen MR) is 104 cm³/mol. The van der Waals surface area contributed by atoms with Crippen LogP contribution in [0, 0.1) is 0 Å². The topological polar surface area (TPSA) is 90.3 Å². The Kier molecular flexibility index (Phi) is 4.67. The maximum absolute atomic E-state index is 12.6. The first-order valence-electron chi connectivity index (χ1n) is 9.23. The molecule has 142 valence electrons. The van der Waals surface area contributed by atoms with Crippen molar-refractivity contribution < 1.29 is 5.11 Å². The van der Waals surface area contributed by atoms with E-state index >= 15 is 0 Å². The smallest absolute Gasteiger partial charge is 0.263 e. The van der Waals surface area contributed by atoms with E-state index in [1.54, 1.807) is 17.8 Å². The molecule has 2 N–H and O–H groups in total. The first kappa shape index (κ1) is 17.7. The van der Waals surface area contributed by atoms with Crippen LogP contribution in [0.3, 0.4) is 0 Å². The largest absolute Gasteiger partial charge is 0.392 e. The van der Waals surface area contributed by atoms with Gasteiger partial charge in [-0.15, -0.1) is 0 Å². The fourth-order valence-electron chi connectivity index (χ4n) is 3.69. The average Bonchev–Trinajstić information content (AvgIpc) is 3.06. The SMILES string of the molecule is C[C@H](O)CN1CCN(c2nc3c(cnn3-c3ccccc3)c(=O)[nH]2)[C@@H](C)C1. The number of fused-ring (bicyclic) bond motifs is 1. The molecule has 1 aliphatic rings. The number of aromatic amines is 1. The summed E-state index contributed by atoms with van der Waals surface area (Å²) in [4.78, 5) is 24.6. The molecular formula is C19H24N6O2. The zero-order valence-electron chi connectivity index (χ0n) is 15.5. The summed E-state index contributed by atoms with van der Waals surface area (Å²) < 4.78 is 1.70. The number of para-hydroxylation sites is 1. The molecule has 3 heterocycles. The van der Waals surface area contributed by atoms with Crippen molar-refractivity contribution in [3.05, 3.63) is 46.9 Å². The Morgan fingerprint density at radius 2 is 2.07 bits per heavy atom. The van der Waals surface area contributed by atoms with E-state index in [9.17, 15) is 9.90 Å². The summed E-state index contributed by atoms with van der Waals surface area (Å²) in [5.74, 6) is 0.564. The summed E-state index contributed by atoms with van der Waals surface area (Å²) >= 11 is 0. The number of aliphatic hydroxyl groups excluding tert-OH is 1. The molecule has 0 spiro atoms. The van der Waals surface area contributed by atoms with Gasteiger partial charge in [0, 0.05) is 32.2 Å². The number of piperazine rings is 1. The minimum atomic E-state index is -0.349. The predicted octanol–water partition coefficient (Wildman–Crippen LogP) is 1.00. The molecule has 3 aromatic rings. The second kappa shape index (κ2) is 7.13. The maximum Gasteiger partial charge on any atom is 0.263 e. The van der Waals surface area contributed by atoms with Gasteiger partial charge in [0.25, 0.3) is 5.56 Å². The first-order chi connectivity index (χ1) is 13.0. The van der Waals surface area contributed by atoms with E-state index in [-0.39, 0.29) is 17.7 Å². The Morgan fingerprint density at radius 3 is 2.78 bits per heavy atom. The lowest BCUT2D eigenvalue weighted by Gasteiger charge is -2.40. The highest BCUT2D eigenvalue weighted by molar-refractivity contribution is 5.76. The van der Waals surface area contributed by atoms with Crippen molar-refractivity contribution in [2.45, 2.75) is 26.0 Å². The Morgan fingerprint density at radius 1 is 1.30 bits per heavy atom. The molecule has 0 amide bonds. The Hall–Kier alpha value is -2.71. The average molecular weight is 368 g/mol. The molecule has 0 aliphatic carbocycles. The first-order valence-corrected chi connectivity index (χ1v) is 9.23. The molecule has 1 fully saturated rings. The maximum atomic E-state index is 12.6. The second-order valence-corrected chi connectivity index (χ2v) is 7.17. The fourth-order valence-corrected chi connectivity index (χ4v) is 3.69. The lowest BCUT2D eigenvalue weighted by Crippen LogP contribution is -2.54. The minimum absolute atomic E-state index is 0.172. The number of anilines is 1. The van der Waals surface area contributed by atoms with Gasteiger partial charge in [0.05, 0.1) is 18.0 Å². The second-order valence-electron chi connectivity index (χ2n) is 7.17. The lowest BCUT2D eigenvalue weighted by molar-refractivity contribution is 0.114. The number of nitrogens with zero attached hydrogens (tertiary/aromatic N) is 5. The van der Waals surface area contributed by atoms with Crippen LogP contribution in [-0.4, -0.2) is 68.1 Å². The van der Waals surface area contributed by atoms with Crippen LogP contribution in [0.5, 0.6) is 0 Å². The monoisotopic (exact) mass is 368 g/mol. The molecule has 8 heteroatoms. The van der Waals surface area contributed by atoms with Gasteiger partial charge in [-0.25, -0.2) is 4.68 Å². The number of H-pyrrole nitrogens is 1. The van der Waals surface area contributed by atoms with Crippen molar-refractivity contribution in [3.8, 4) is 5.69 Å². The van der Waals surface area contributed by atoms with Gasteiger partial charge >= 0.3 is 0 Å². The molecule has 1 aromatic carbocycles. The number of aromatic nitrogens is 4. The number of aliphatic hydroxyl groups is 1. The number of β-amino-alcohol motifs (C(OH)–C–C–N with tert-alkyl or cyclic N) is 1. The van der Waals surface area contributed by atoms with E-state index in [1.807, 2.05) is 30.3 Å². The molecule has 1 aliphatic heterocycles. The van der Waals surface area contributed by atoms with Crippen molar-refractivity contribution in [3.63, 3.8) is 0 Å². The van der Waals surface area contributed by atoms with Crippen molar-refractivity contribution in [2.24, 2.45) is 0 Å². The van der Waals surface area contributed by atoms with Crippen molar-refractivity contribution >= 4 is 17.0 Å².